The van der Waals surface area contributed by atoms with Crippen molar-refractivity contribution < 1.29 is 9.63 Å². The first-order chi connectivity index (χ1) is 14.4. The SMILES string of the molecule is Cc1c(-c2onc(-c3ccccc3Cl)c2-c2ncccn2)cnn1[C@H]1C[C@@](C)(O)C1. The molecule has 1 saturated carbocycles. The van der Waals surface area contributed by atoms with Crippen molar-refractivity contribution >= 4 is 11.6 Å². The molecule has 0 saturated heterocycles. The highest BCUT2D eigenvalue weighted by molar-refractivity contribution is 6.33. The molecular weight excluding hydrogens is 402 g/mol. The maximum atomic E-state index is 10.1. The highest BCUT2D eigenvalue weighted by atomic mass is 35.5. The number of nitrogens with zero attached hydrogens (tertiary/aromatic N) is 5. The fourth-order valence-corrected chi connectivity index (χ4v) is 4.31. The first-order valence-electron chi connectivity index (χ1n) is 9.73. The molecule has 0 spiro atoms. The zero-order chi connectivity index (χ0) is 20.9. The van der Waals surface area contributed by atoms with Crippen LogP contribution in [0.2, 0.25) is 5.02 Å². The second-order valence-corrected chi connectivity index (χ2v) is 8.34. The first kappa shape index (κ1) is 19.0. The van der Waals surface area contributed by atoms with Crippen molar-refractivity contribution in [1.82, 2.24) is 24.9 Å². The number of hydrogen-bond donors (Lipinski definition) is 1. The summed E-state index contributed by atoms with van der Waals surface area (Å²) in [6, 6.07) is 9.40. The summed E-state index contributed by atoms with van der Waals surface area (Å²) in [6.45, 7) is 3.84. The summed E-state index contributed by atoms with van der Waals surface area (Å²) in [4.78, 5) is 8.85. The molecule has 1 fully saturated rings. The van der Waals surface area contributed by atoms with E-state index in [1.807, 2.05) is 42.8 Å². The van der Waals surface area contributed by atoms with Crippen LogP contribution in [-0.2, 0) is 0 Å². The zero-order valence-electron chi connectivity index (χ0n) is 16.6. The van der Waals surface area contributed by atoms with E-state index >= 15 is 0 Å². The number of hydrogen-bond acceptors (Lipinski definition) is 6. The fraction of sp³-hybridized carbons (Fsp3) is 0.273. The molecule has 8 heteroatoms. The van der Waals surface area contributed by atoms with Crippen molar-refractivity contribution in [2.24, 2.45) is 0 Å². The summed E-state index contributed by atoms with van der Waals surface area (Å²) in [5.74, 6) is 1.05. The third-order valence-electron chi connectivity index (χ3n) is 5.60. The van der Waals surface area contributed by atoms with Crippen LogP contribution >= 0.6 is 11.6 Å². The van der Waals surface area contributed by atoms with E-state index < -0.39 is 5.60 Å². The van der Waals surface area contributed by atoms with Gasteiger partial charge in [-0.3, -0.25) is 4.68 Å². The third kappa shape index (κ3) is 3.11. The van der Waals surface area contributed by atoms with Crippen LogP contribution < -0.4 is 0 Å². The Balaban J connectivity index is 1.66. The minimum absolute atomic E-state index is 0.163. The van der Waals surface area contributed by atoms with Gasteiger partial charge in [-0.2, -0.15) is 5.10 Å². The van der Waals surface area contributed by atoms with Crippen LogP contribution in [0.15, 0.2) is 53.4 Å². The van der Waals surface area contributed by atoms with Gasteiger partial charge in [0.1, 0.15) is 5.69 Å². The molecule has 152 valence electrons. The quantitative estimate of drug-likeness (QED) is 0.513. The number of halogens is 1. The van der Waals surface area contributed by atoms with E-state index in [0.29, 0.717) is 40.7 Å². The molecule has 1 aliphatic rings. The van der Waals surface area contributed by atoms with Crippen molar-refractivity contribution in [3.05, 3.63) is 59.6 Å². The highest BCUT2D eigenvalue weighted by Gasteiger charge is 2.41. The largest absolute Gasteiger partial charge is 0.390 e. The molecule has 0 atom stereocenters. The van der Waals surface area contributed by atoms with E-state index in [-0.39, 0.29) is 6.04 Å². The minimum atomic E-state index is -0.629. The lowest BCUT2D eigenvalue weighted by Crippen LogP contribution is -2.42. The molecule has 0 amide bonds. The predicted octanol–water partition coefficient (Wildman–Crippen LogP) is 4.71. The van der Waals surface area contributed by atoms with E-state index in [1.165, 1.54) is 0 Å². The Bertz CT molecular complexity index is 1210. The zero-order valence-corrected chi connectivity index (χ0v) is 17.3. The Kier molecular flexibility index (Phi) is 4.45. The van der Waals surface area contributed by atoms with Crippen molar-refractivity contribution in [3.8, 4) is 34.0 Å². The lowest BCUT2D eigenvalue weighted by molar-refractivity contribution is -0.0548. The Morgan fingerprint density at radius 2 is 1.87 bits per heavy atom. The van der Waals surface area contributed by atoms with Gasteiger partial charge in [0, 0.05) is 23.7 Å². The van der Waals surface area contributed by atoms with Gasteiger partial charge in [0.05, 0.1) is 34.0 Å². The fourth-order valence-electron chi connectivity index (χ4n) is 4.09. The van der Waals surface area contributed by atoms with Gasteiger partial charge in [-0.1, -0.05) is 35.0 Å². The first-order valence-corrected chi connectivity index (χ1v) is 10.1. The van der Waals surface area contributed by atoms with Gasteiger partial charge < -0.3 is 9.63 Å². The monoisotopic (exact) mass is 421 g/mol. The molecule has 0 radical (unpaired) electrons. The molecule has 0 aliphatic heterocycles. The summed E-state index contributed by atoms with van der Waals surface area (Å²) >= 11 is 6.44. The maximum absolute atomic E-state index is 10.1. The van der Waals surface area contributed by atoms with Crippen molar-refractivity contribution in [1.29, 1.82) is 0 Å². The summed E-state index contributed by atoms with van der Waals surface area (Å²) < 4.78 is 7.77. The van der Waals surface area contributed by atoms with Gasteiger partial charge >= 0.3 is 0 Å². The van der Waals surface area contributed by atoms with Crippen LogP contribution in [0.3, 0.4) is 0 Å². The Morgan fingerprint density at radius 1 is 1.13 bits per heavy atom. The Labute approximate surface area is 178 Å². The Morgan fingerprint density at radius 3 is 2.57 bits per heavy atom. The maximum Gasteiger partial charge on any atom is 0.181 e. The van der Waals surface area contributed by atoms with E-state index in [1.54, 1.807) is 24.7 Å². The number of aromatic nitrogens is 5. The summed E-state index contributed by atoms with van der Waals surface area (Å²) in [5.41, 5.74) is 3.13. The van der Waals surface area contributed by atoms with Gasteiger partial charge in [0.25, 0.3) is 0 Å². The van der Waals surface area contributed by atoms with E-state index in [0.717, 1.165) is 16.8 Å². The average molecular weight is 422 g/mol. The second kappa shape index (κ2) is 7.04. The molecule has 3 heterocycles. The molecule has 30 heavy (non-hydrogen) atoms. The standard InChI is InChI=1S/C22H20ClN5O2/c1-13-16(12-26-28(13)14-10-22(2,29)11-14)20-18(21-24-8-5-9-25-21)19(27-30-20)15-6-3-4-7-17(15)23/h3-9,12,14,29H,10-11H2,1-2H3/t14-,22+. The smallest absolute Gasteiger partial charge is 0.181 e. The molecule has 0 bridgehead atoms. The molecule has 1 aromatic carbocycles. The van der Waals surface area contributed by atoms with E-state index in [4.69, 9.17) is 16.1 Å². The van der Waals surface area contributed by atoms with Crippen LogP contribution in [0.5, 0.6) is 0 Å². The van der Waals surface area contributed by atoms with Gasteiger partial charge in [-0.25, -0.2) is 9.97 Å². The summed E-state index contributed by atoms with van der Waals surface area (Å²) in [5, 5.41) is 19.6. The van der Waals surface area contributed by atoms with Crippen LogP contribution in [0, 0.1) is 6.92 Å². The lowest BCUT2D eigenvalue weighted by Gasteiger charge is -2.41. The molecule has 3 aromatic heterocycles. The molecule has 7 nitrogen and oxygen atoms in total. The molecule has 0 unspecified atom stereocenters. The van der Waals surface area contributed by atoms with Crippen LogP contribution in [0.1, 0.15) is 31.5 Å². The Hall–Kier alpha value is -3.03. The summed E-state index contributed by atoms with van der Waals surface area (Å²) in [6.07, 6.45) is 6.48. The van der Waals surface area contributed by atoms with Crippen LogP contribution in [-0.4, -0.2) is 35.6 Å². The average Bonchev–Trinajstić information content (AvgIpc) is 3.30. The minimum Gasteiger partial charge on any atom is -0.390 e. The van der Waals surface area contributed by atoms with Crippen LogP contribution in [0.4, 0.5) is 0 Å². The van der Waals surface area contributed by atoms with Crippen molar-refractivity contribution in [3.63, 3.8) is 0 Å². The van der Waals surface area contributed by atoms with Gasteiger partial charge in [0.15, 0.2) is 11.6 Å². The number of aliphatic hydroxyl groups is 1. The predicted molar refractivity (Wildman–Crippen MR) is 113 cm³/mol. The van der Waals surface area contributed by atoms with E-state index in [2.05, 4.69) is 20.2 Å². The van der Waals surface area contributed by atoms with Crippen LogP contribution in [0.25, 0.3) is 34.0 Å². The van der Waals surface area contributed by atoms with E-state index in [9.17, 15) is 5.11 Å². The summed E-state index contributed by atoms with van der Waals surface area (Å²) in [7, 11) is 0. The number of benzene rings is 1. The van der Waals surface area contributed by atoms with Crippen molar-refractivity contribution in [2.75, 3.05) is 0 Å². The van der Waals surface area contributed by atoms with Gasteiger partial charge in [-0.15, -0.1) is 0 Å². The topological polar surface area (TPSA) is 89.9 Å². The normalized spacial score (nSPS) is 20.9. The lowest BCUT2D eigenvalue weighted by atomic mass is 9.77. The molecule has 5 rings (SSSR count). The molecular formula is C22H20ClN5O2. The molecule has 4 aromatic rings. The van der Waals surface area contributed by atoms with Crippen molar-refractivity contribution in [2.45, 2.75) is 38.3 Å². The highest BCUT2D eigenvalue weighted by Crippen LogP contribution is 2.44. The second-order valence-electron chi connectivity index (χ2n) is 7.93. The third-order valence-corrected chi connectivity index (χ3v) is 5.93. The van der Waals surface area contributed by atoms with Gasteiger partial charge in [-0.05, 0) is 38.8 Å². The number of rotatable bonds is 4. The van der Waals surface area contributed by atoms with Gasteiger partial charge in [0.2, 0.25) is 0 Å². The molecule has 1 aliphatic carbocycles. The molecule has 1 N–H and O–H groups in total.